The number of thiophene rings is 1. The van der Waals surface area contributed by atoms with Crippen molar-refractivity contribution in [1.82, 2.24) is 5.32 Å². The standard InChI is InChI=1S/C15H17BrINOS/c1-8-5-11(16)9(2)13(15(8)19-4)14(18-3)10-6-12(17)20-7-10/h5-7,14,18H,1-4H3. The molecule has 1 heterocycles. The van der Waals surface area contributed by atoms with Crippen LogP contribution < -0.4 is 10.1 Å². The van der Waals surface area contributed by atoms with Crippen molar-refractivity contribution in [3.63, 3.8) is 0 Å². The third-order valence-corrected chi connectivity index (χ3v) is 6.04. The van der Waals surface area contributed by atoms with Gasteiger partial charge in [-0.05, 0) is 77.7 Å². The van der Waals surface area contributed by atoms with Crippen LogP contribution in [-0.4, -0.2) is 14.2 Å². The van der Waals surface area contributed by atoms with E-state index in [4.69, 9.17) is 4.74 Å². The fraction of sp³-hybridized carbons (Fsp3) is 0.333. The maximum absolute atomic E-state index is 5.66. The van der Waals surface area contributed by atoms with Crippen molar-refractivity contribution in [3.8, 4) is 5.75 Å². The molecule has 0 bridgehead atoms. The van der Waals surface area contributed by atoms with Gasteiger partial charge in [-0.25, -0.2) is 0 Å². The van der Waals surface area contributed by atoms with Gasteiger partial charge in [-0.3, -0.25) is 0 Å². The number of hydrogen-bond donors (Lipinski definition) is 1. The molecule has 108 valence electrons. The summed E-state index contributed by atoms with van der Waals surface area (Å²) in [5, 5.41) is 5.63. The van der Waals surface area contributed by atoms with Gasteiger partial charge in [0.05, 0.1) is 16.0 Å². The van der Waals surface area contributed by atoms with E-state index in [9.17, 15) is 0 Å². The summed E-state index contributed by atoms with van der Waals surface area (Å²) in [6, 6.07) is 4.48. The molecule has 2 nitrogen and oxygen atoms in total. The van der Waals surface area contributed by atoms with E-state index >= 15 is 0 Å². The van der Waals surface area contributed by atoms with Gasteiger partial charge in [-0.2, -0.15) is 0 Å². The molecule has 5 heteroatoms. The zero-order valence-corrected chi connectivity index (χ0v) is 16.4. The Kier molecular flexibility index (Phi) is 5.50. The number of ether oxygens (including phenoxy) is 1. The van der Waals surface area contributed by atoms with Gasteiger partial charge in [0.1, 0.15) is 5.75 Å². The zero-order valence-electron chi connectivity index (χ0n) is 11.9. The van der Waals surface area contributed by atoms with E-state index in [0.29, 0.717) is 0 Å². The van der Waals surface area contributed by atoms with Crippen molar-refractivity contribution in [1.29, 1.82) is 0 Å². The quantitative estimate of drug-likeness (QED) is 0.638. The highest BCUT2D eigenvalue weighted by Gasteiger charge is 2.23. The Bertz CT molecular complexity index is 627. The molecule has 1 atom stereocenters. The van der Waals surface area contributed by atoms with E-state index < -0.39 is 0 Å². The number of rotatable bonds is 4. The minimum atomic E-state index is 0.140. The van der Waals surface area contributed by atoms with Crippen molar-refractivity contribution >= 4 is 49.9 Å². The summed E-state index contributed by atoms with van der Waals surface area (Å²) >= 11 is 7.78. The summed E-state index contributed by atoms with van der Waals surface area (Å²) in [5.41, 5.74) is 4.84. The summed E-state index contributed by atoms with van der Waals surface area (Å²) in [6.45, 7) is 4.21. The smallest absolute Gasteiger partial charge is 0.127 e. The van der Waals surface area contributed by atoms with Gasteiger partial charge in [-0.1, -0.05) is 15.9 Å². The number of methoxy groups -OCH3 is 1. The molecule has 1 aromatic heterocycles. The highest BCUT2D eigenvalue weighted by Crippen LogP contribution is 2.39. The molecule has 20 heavy (non-hydrogen) atoms. The van der Waals surface area contributed by atoms with Crippen molar-refractivity contribution in [2.45, 2.75) is 19.9 Å². The lowest BCUT2D eigenvalue weighted by atomic mass is 9.94. The molecule has 0 radical (unpaired) electrons. The van der Waals surface area contributed by atoms with Gasteiger partial charge in [0.15, 0.2) is 0 Å². The van der Waals surface area contributed by atoms with E-state index in [-0.39, 0.29) is 6.04 Å². The largest absolute Gasteiger partial charge is 0.496 e. The van der Waals surface area contributed by atoms with Crippen LogP contribution in [0.4, 0.5) is 0 Å². The normalized spacial score (nSPS) is 12.5. The Labute approximate surface area is 146 Å². The van der Waals surface area contributed by atoms with Crippen molar-refractivity contribution in [2.75, 3.05) is 14.2 Å². The number of benzene rings is 1. The second-order valence-electron chi connectivity index (χ2n) is 4.65. The van der Waals surface area contributed by atoms with E-state index in [1.807, 2.05) is 7.05 Å². The molecule has 0 saturated carbocycles. The van der Waals surface area contributed by atoms with Gasteiger partial charge in [0, 0.05) is 10.0 Å². The predicted molar refractivity (Wildman–Crippen MR) is 98.1 cm³/mol. The maximum atomic E-state index is 5.66. The maximum Gasteiger partial charge on any atom is 0.127 e. The fourth-order valence-electron chi connectivity index (χ4n) is 2.45. The van der Waals surface area contributed by atoms with Crippen LogP contribution in [0, 0.1) is 16.7 Å². The van der Waals surface area contributed by atoms with Crippen LogP contribution in [0.1, 0.15) is 28.3 Å². The molecule has 1 aromatic carbocycles. The summed E-state index contributed by atoms with van der Waals surface area (Å²) in [4.78, 5) is 0. The number of nitrogens with one attached hydrogen (secondary N) is 1. The SMILES string of the molecule is CNC(c1csc(I)c1)c1c(C)c(Br)cc(C)c1OC. The first-order valence-electron chi connectivity index (χ1n) is 6.24. The number of halogens is 2. The molecule has 0 aliphatic rings. The van der Waals surface area contributed by atoms with Crippen molar-refractivity contribution < 1.29 is 4.74 Å². The minimum absolute atomic E-state index is 0.140. The summed E-state index contributed by atoms with van der Waals surface area (Å²) in [6.07, 6.45) is 0. The van der Waals surface area contributed by atoms with Crippen LogP contribution in [0.5, 0.6) is 5.75 Å². The van der Waals surface area contributed by atoms with Crippen molar-refractivity contribution in [3.05, 3.63) is 47.1 Å². The fourth-order valence-corrected chi connectivity index (χ4v) is 4.40. The van der Waals surface area contributed by atoms with E-state index in [2.05, 4.69) is 75.2 Å². The minimum Gasteiger partial charge on any atom is -0.496 e. The molecule has 0 spiro atoms. The van der Waals surface area contributed by atoms with Crippen LogP contribution in [0.3, 0.4) is 0 Å². The lowest BCUT2D eigenvalue weighted by Crippen LogP contribution is -2.19. The van der Waals surface area contributed by atoms with Crippen LogP contribution in [0.25, 0.3) is 0 Å². The molecule has 2 rings (SSSR count). The highest BCUT2D eigenvalue weighted by molar-refractivity contribution is 14.1. The molecule has 1 N–H and O–H groups in total. The Balaban J connectivity index is 2.65. The van der Waals surface area contributed by atoms with Crippen LogP contribution in [0.2, 0.25) is 0 Å². The first-order valence-corrected chi connectivity index (χ1v) is 8.99. The third kappa shape index (κ3) is 3.05. The predicted octanol–water partition coefficient (Wildman–Crippen LogP) is 5.05. The second-order valence-corrected chi connectivity index (χ2v) is 8.31. The second kappa shape index (κ2) is 6.77. The van der Waals surface area contributed by atoms with Gasteiger partial charge in [-0.15, -0.1) is 11.3 Å². The molecule has 0 amide bonds. The molecule has 2 aromatic rings. The Morgan fingerprint density at radius 2 is 2.05 bits per heavy atom. The third-order valence-electron chi connectivity index (χ3n) is 3.41. The molecular weight excluding hydrogens is 449 g/mol. The van der Waals surface area contributed by atoms with Crippen LogP contribution in [0.15, 0.2) is 22.0 Å². The average molecular weight is 466 g/mol. The molecule has 0 fully saturated rings. The Morgan fingerprint density at radius 3 is 2.55 bits per heavy atom. The Hall–Kier alpha value is -0.110. The average Bonchev–Trinajstić information content (AvgIpc) is 2.83. The molecule has 1 unspecified atom stereocenters. The van der Waals surface area contributed by atoms with Crippen molar-refractivity contribution in [2.24, 2.45) is 0 Å². The first-order chi connectivity index (χ1) is 9.49. The van der Waals surface area contributed by atoms with E-state index in [1.165, 1.54) is 19.6 Å². The lowest BCUT2D eigenvalue weighted by molar-refractivity contribution is 0.401. The van der Waals surface area contributed by atoms with Crippen LogP contribution in [-0.2, 0) is 0 Å². The monoisotopic (exact) mass is 465 g/mol. The summed E-state index contributed by atoms with van der Waals surface area (Å²) < 4.78 is 8.08. The molecule has 0 saturated heterocycles. The number of aryl methyl sites for hydroxylation is 1. The van der Waals surface area contributed by atoms with E-state index in [0.717, 1.165) is 15.8 Å². The first kappa shape index (κ1) is 16.3. The molecule has 0 aliphatic carbocycles. The van der Waals surface area contributed by atoms with Gasteiger partial charge >= 0.3 is 0 Å². The Morgan fingerprint density at radius 1 is 1.35 bits per heavy atom. The number of hydrogen-bond acceptors (Lipinski definition) is 3. The summed E-state index contributed by atoms with van der Waals surface area (Å²) in [7, 11) is 3.73. The molecular formula is C15H17BrINOS. The van der Waals surface area contributed by atoms with E-state index in [1.54, 1.807) is 18.4 Å². The lowest BCUT2D eigenvalue weighted by Gasteiger charge is -2.23. The van der Waals surface area contributed by atoms with Gasteiger partial charge < -0.3 is 10.1 Å². The molecule has 0 aliphatic heterocycles. The van der Waals surface area contributed by atoms with Gasteiger partial charge in [0.2, 0.25) is 0 Å². The highest BCUT2D eigenvalue weighted by atomic mass is 127. The zero-order chi connectivity index (χ0) is 14.9. The summed E-state index contributed by atoms with van der Waals surface area (Å²) in [5.74, 6) is 0.964. The topological polar surface area (TPSA) is 21.3 Å². The van der Waals surface area contributed by atoms with Gasteiger partial charge in [0.25, 0.3) is 0 Å². The van der Waals surface area contributed by atoms with Crippen LogP contribution >= 0.6 is 49.9 Å².